The Morgan fingerprint density at radius 2 is 2.30 bits per heavy atom. The van der Waals surface area contributed by atoms with Crippen molar-refractivity contribution in [3.63, 3.8) is 0 Å². The number of aliphatic hydroxyl groups excluding tert-OH is 1. The second-order valence-corrected chi connectivity index (χ2v) is 4.56. The Bertz CT molecular complexity index is 423. The molecule has 0 aromatic rings. The summed E-state index contributed by atoms with van der Waals surface area (Å²) in [6.45, 7) is 4.75. The van der Waals surface area contributed by atoms with Gasteiger partial charge in [0.1, 0.15) is 6.61 Å². The van der Waals surface area contributed by atoms with E-state index in [-0.39, 0.29) is 30.4 Å². The fourth-order valence-corrected chi connectivity index (χ4v) is 1.84. The van der Waals surface area contributed by atoms with Crippen LogP contribution in [0.2, 0.25) is 0 Å². The van der Waals surface area contributed by atoms with E-state index in [9.17, 15) is 14.4 Å². The fraction of sp³-hybridized carbons (Fsp3) is 0.500. The van der Waals surface area contributed by atoms with Crippen molar-refractivity contribution in [1.82, 2.24) is 0 Å². The van der Waals surface area contributed by atoms with Crippen LogP contribution in [0.25, 0.3) is 0 Å². The summed E-state index contributed by atoms with van der Waals surface area (Å²) in [7, 11) is 0. The topological polar surface area (TPSA) is 89.9 Å². The van der Waals surface area contributed by atoms with Gasteiger partial charge in [-0.25, -0.2) is 4.79 Å². The van der Waals surface area contributed by atoms with Crippen LogP contribution in [0, 0.1) is 11.8 Å². The van der Waals surface area contributed by atoms with E-state index in [1.807, 2.05) is 6.08 Å². The van der Waals surface area contributed by atoms with Gasteiger partial charge in [-0.2, -0.15) is 0 Å². The summed E-state index contributed by atoms with van der Waals surface area (Å²) in [4.78, 5) is 32.1. The zero-order chi connectivity index (χ0) is 15.1. The van der Waals surface area contributed by atoms with Crippen LogP contribution in [0.1, 0.15) is 19.8 Å². The van der Waals surface area contributed by atoms with E-state index in [0.29, 0.717) is 0 Å². The number of hydrogen-bond donors (Lipinski definition) is 1. The van der Waals surface area contributed by atoms with Crippen molar-refractivity contribution in [1.29, 1.82) is 0 Å². The molecule has 1 fully saturated rings. The predicted molar refractivity (Wildman–Crippen MR) is 69.3 cm³/mol. The molecule has 6 nitrogen and oxygen atoms in total. The Labute approximate surface area is 117 Å². The summed E-state index contributed by atoms with van der Waals surface area (Å²) >= 11 is 0. The molecule has 0 bridgehead atoms. The van der Waals surface area contributed by atoms with Crippen LogP contribution < -0.4 is 0 Å². The maximum absolute atomic E-state index is 10.9. The summed E-state index contributed by atoms with van der Waals surface area (Å²) in [6.07, 6.45) is 5.80. The van der Waals surface area contributed by atoms with Gasteiger partial charge < -0.3 is 14.6 Å². The molecule has 1 saturated heterocycles. The van der Waals surface area contributed by atoms with Gasteiger partial charge in [0, 0.05) is 6.08 Å². The maximum Gasteiger partial charge on any atom is 0.330 e. The molecular formula is C14H18O6. The summed E-state index contributed by atoms with van der Waals surface area (Å²) < 4.78 is 8.92. The number of rotatable bonds is 3. The van der Waals surface area contributed by atoms with Crippen LogP contribution in [-0.2, 0) is 23.9 Å². The zero-order valence-corrected chi connectivity index (χ0v) is 11.3. The normalized spacial score (nSPS) is 24.9. The van der Waals surface area contributed by atoms with Crippen molar-refractivity contribution in [2.45, 2.75) is 25.9 Å². The van der Waals surface area contributed by atoms with Crippen LogP contribution in [0.5, 0.6) is 0 Å². The molecule has 3 atom stereocenters. The molecule has 20 heavy (non-hydrogen) atoms. The molecule has 2 rings (SSSR count). The molecular weight excluding hydrogens is 264 g/mol. The van der Waals surface area contributed by atoms with Gasteiger partial charge in [0.2, 0.25) is 0 Å². The van der Waals surface area contributed by atoms with Gasteiger partial charge in [-0.3, -0.25) is 9.59 Å². The van der Waals surface area contributed by atoms with E-state index in [0.717, 1.165) is 18.9 Å². The van der Waals surface area contributed by atoms with Gasteiger partial charge in [0.15, 0.2) is 0 Å². The van der Waals surface area contributed by atoms with Gasteiger partial charge in [0.05, 0.1) is 17.9 Å². The first-order chi connectivity index (χ1) is 9.45. The van der Waals surface area contributed by atoms with Crippen molar-refractivity contribution in [2.75, 3.05) is 6.61 Å². The molecule has 6 heteroatoms. The fourth-order valence-electron chi connectivity index (χ4n) is 1.84. The zero-order valence-electron chi connectivity index (χ0n) is 11.3. The minimum absolute atomic E-state index is 0.0326. The van der Waals surface area contributed by atoms with Crippen LogP contribution in [0.3, 0.4) is 0 Å². The lowest BCUT2D eigenvalue weighted by Crippen LogP contribution is -2.17. The molecule has 1 aliphatic carbocycles. The third-order valence-corrected chi connectivity index (χ3v) is 2.83. The highest BCUT2D eigenvalue weighted by molar-refractivity contribution is 5.97. The summed E-state index contributed by atoms with van der Waals surface area (Å²) in [5.74, 6) is -1.69. The van der Waals surface area contributed by atoms with Gasteiger partial charge >= 0.3 is 17.9 Å². The first-order valence-corrected chi connectivity index (χ1v) is 6.35. The van der Waals surface area contributed by atoms with E-state index in [4.69, 9.17) is 5.11 Å². The number of carbonyl (C=O) groups excluding carboxylic acids is 3. The number of hydrogen-bond acceptors (Lipinski definition) is 6. The molecule has 0 spiro atoms. The smallest absolute Gasteiger partial charge is 0.330 e. The van der Waals surface area contributed by atoms with Crippen LogP contribution in [0.15, 0.2) is 24.8 Å². The average molecular weight is 282 g/mol. The summed E-state index contributed by atoms with van der Waals surface area (Å²) in [6, 6.07) is 0. The third-order valence-electron chi connectivity index (χ3n) is 2.83. The highest BCUT2D eigenvalue weighted by atomic mass is 16.6. The van der Waals surface area contributed by atoms with Crippen molar-refractivity contribution >= 4 is 17.9 Å². The minimum atomic E-state index is -0.603. The first-order valence-electron chi connectivity index (χ1n) is 6.35. The Kier molecular flexibility index (Phi) is 6.11. The number of ether oxygens (including phenoxy) is 2. The molecule has 0 saturated carbocycles. The van der Waals surface area contributed by atoms with Gasteiger partial charge in [-0.15, -0.1) is 0 Å². The number of aliphatic hydroxyl groups is 1. The number of fused-ring (bicyclic) bond motifs is 1. The molecule has 0 aromatic carbocycles. The highest BCUT2D eigenvalue weighted by Crippen LogP contribution is 2.32. The van der Waals surface area contributed by atoms with Crippen LogP contribution in [0.4, 0.5) is 0 Å². The number of carbonyl (C=O) groups is 3. The van der Waals surface area contributed by atoms with Crippen LogP contribution >= 0.6 is 0 Å². The quantitative estimate of drug-likeness (QED) is 0.355. The molecule has 0 radical (unpaired) electrons. The number of allylic oxidation sites excluding steroid dienone is 1. The Morgan fingerprint density at radius 3 is 2.85 bits per heavy atom. The van der Waals surface area contributed by atoms with Crippen molar-refractivity contribution in [2.24, 2.45) is 11.8 Å². The van der Waals surface area contributed by atoms with E-state index >= 15 is 0 Å². The highest BCUT2D eigenvalue weighted by Gasteiger charge is 2.43. The molecule has 110 valence electrons. The second-order valence-electron chi connectivity index (χ2n) is 4.56. The summed E-state index contributed by atoms with van der Waals surface area (Å²) in [5, 5.41) is 8.59. The molecule has 1 N–H and O–H groups in total. The third kappa shape index (κ3) is 4.62. The SMILES string of the molecule is C=CC(=O)OCC(C)O.O=C1OC(=O)C2CCC=CC12. The average Bonchev–Trinajstić information content (AvgIpc) is 2.73. The maximum atomic E-state index is 10.9. The Hall–Kier alpha value is -1.95. The number of cyclic esters (lactones) is 2. The second kappa shape index (κ2) is 7.59. The summed E-state index contributed by atoms with van der Waals surface area (Å²) in [5.41, 5.74) is 0. The van der Waals surface area contributed by atoms with Crippen molar-refractivity contribution in [3.05, 3.63) is 24.8 Å². The molecule has 2 aliphatic rings. The van der Waals surface area contributed by atoms with Crippen LogP contribution in [-0.4, -0.2) is 35.7 Å². The minimum Gasteiger partial charge on any atom is -0.460 e. The number of esters is 3. The Balaban J connectivity index is 0.000000206. The molecule has 3 unspecified atom stereocenters. The molecule has 0 aromatic heterocycles. The Morgan fingerprint density at radius 1 is 1.60 bits per heavy atom. The monoisotopic (exact) mass is 282 g/mol. The molecule has 1 aliphatic heterocycles. The van der Waals surface area contributed by atoms with Crippen molar-refractivity contribution in [3.8, 4) is 0 Å². The lowest BCUT2D eigenvalue weighted by molar-refractivity contribution is -0.153. The van der Waals surface area contributed by atoms with E-state index in [2.05, 4.69) is 16.1 Å². The molecule has 0 amide bonds. The van der Waals surface area contributed by atoms with Gasteiger partial charge in [0.25, 0.3) is 0 Å². The van der Waals surface area contributed by atoms with E-state index < -0.39 is 12.1 Å². The van der Waals surface area contributed by atoms with E-state index in [1.54, 1.807) is 6.08 Å². The standard InChI is InChI=1S/C8H8O3.C6H10O3/c9-7-5-3-1-2-4-6(5)8(10)11-7;1-3-6(8)9-4-5(2)7/h1,3,5-6H,2,4H2;3,5,7H,1,4H2,2H3. The molecule has 1 heterocycles. The lowest BCUT2D eigenvalue weighted by Gasteiger charge is -2.12. The predicted octanol–water partition coefficient (Wildman–Crippen LogP) is 0.749. The van der Waals surface area contributed by atoms with Gasteiger partial charge in [-0.05, 0) is 19.8 Å². The largest absolute Gasteiger partial charge is 0.460 e. The van der Waals surface area contributed by atoms with Gasteiger partial charge in [-0.1, -0.05) is 18.7 Å². The van der Waals surface area contributed by atoms with Crippen molar-refractivity contribution < 1.29 is 29.0 Å². The lowest BCUT2D eigenvalue weighted by atomic mass is 9.86. The first kappa shape index (κ1) is 16.1. The van der Waals surface area contributed by atoms with E-state index in [1.165, 1.54) is 6.92 Å².